The number of nitrogens with zero attached hydrogens (tertiary/aromatic N) is 2. The molecule has 3 rings (SSSR count). The summed E-state index contributed by atoms with van der Waals surface area (Å²) in [6, 6.07) is 11.3. The van der Waals surface area contributed by atoms with Crippen LogP contribution < -0.4 is 14.2 Å². The van der Waals surface area contributed by atoms with E-state index in [2.05, 4.69) is 32.6 Å². The lowest BCUT2D eigenvalue weighted by atomic mass is 9.94. The van der Waals surface area contributed by atoms with Crippen LogP contribution in [0.2, 0.25) is 0 Å². The second kappa shape index (κ2) is 12.6. The molecule has 2 aromatic rings. The van der Waals surface area contributed by atoms with Gasteiger partial charge >= 0.3 is 0 Å². The van der Waals surface area contributed by atoms with Crippen molar-refractivity contribution in [2.24, 2.45) is 5.92 Å². The van der Waals surface area contributed by atoms with Crippen LogP contribution in [0, 0.1) is 5.92 Å². The van der Waals surface area contributed by atoms with Crippen LogP contribution in [0.15, 0.2) is 48.0 Å². The Labute approximate surface area is 219 Å². The highest BCUT2D eigenvalue weighted by molar-refractivity contribution is 6.46. The van der Waals surface area contributed by atoms with Gasteiger partial charge in [-0.05, 0) is 55.4 Å². The van der Waals surface area contributed by atoms with Gasteiger partial charge in [0.05, 0.1) is 32.4 Å². The number of likely N-dealkylation sites (N-methyl/N-ethyl adjacent to an activating group) is 1. The molecule has 1 fully saturated rings. The Bertz CT molecular complexity index is 1120. The summed E-state index contributed by atoms with van der Waals surface area (Å²) in [4.78, 5) is 30.3. The van der Waals surface area contributed by atoms with Crippen LogP contribution in [-0.2, 0) is 9.59 Å². The predicted octanol–water partition coefficient (Wildman–Crippen LogP) is 4.50. The molecular weight excluding hydrogens is 472 g/mol. The molecule has 2 aromatic carbocycles. The monoisotopic (exact) mass is 510 g/mol. The average Bonchev–Trinajstić information content (AvgIpc) is 3.16. The number of aliphatic hydroxyl groups is 1. The molecule has 0 bridgehead atoms. The lowest BCUT2D eigenvalue weighted by Crippen LogP contribution is -2.38. The summed E-state index contributed by atoms with van der Waals surface area (Å²) in [5.41, 5.74) is 1.06. The summed E-state index contributed by atoms with van der Waals surface area (Å²) in [6.07, 6.45) is 0. The molecule has 37 heavy (non-hydrogen) atoms. The predicted molar refractivity (Wildman–Crippen MR) is 143 cm³/mol. The summed E-state index contributed by atoms with van der Waals surface area (Å²) in [6.45, 7) is 11.4. The van der Waals surface area contributed by atoms with Crippen LogP contribution in [0.4, 0.5) is 0 Å². The van der Waals surface area contributed by atoms with Crippen LogP contribution in [-0.4, -0.2) is 73.6 Å². The summed E-state index contributed by atoms with van der Waals surface area (Å²) in [5, 5.41) is 11.4. The van der Waals surface area contributed by atoms with E-state index in [0.717, 1.165) is 13.1 Å². The third-order valence-corrected chi connectivity index (χ3v) is 6.54. The number of rotatable bonds is 12. The minimum atomic E-state index is -0.812. The van der Waals surface area contributed by atoms with Gasteiger partial charge in [0.15, 0.2) is 0 Å². The van der Waals surface area contributed by atoms with Crippen molar-refractivity contribution in [2.45, 2.75) is 33.7 Å². The lowest BCUT2D eigenvalue weighted by Gasteiger charge is -2.29. The maximum Gasteiger partial charge on any atom is 0.295 e. The van der Waals surface area contributed by atoms with E-state index in [1.54, 1.807) is 49.6 Å². The van der Waals surface area contributed by atoms with E-state index in [4.69, 9.17) is 14.2 Å². The molecular formula is C29H38N2O6. The van der Waals surface area contributed by atoms with Crippen molar-refractivity contribution in [1.82, 2.24) is 9.80 Å². The number of likely N-dealkylation sites (tertiary alicyclic amines) is 1. The SMILES string of the molecule is CCN(CC)CCN1C(=O)C(=O)/C(=C(/O)c2ccc(OCC(C)C)cc2)C1c1ccc(OC)cc1OC. The Hall–Kier alpha value is -3.52. The lowest BCUT2D eigenvalue weighted by molar-refractivity contribution is -0.140. The summed E-state index contributed by atoms with van der Waals surface area (Å²) in [7, 11) is 3.08. The molecule has 0 radical (unpaired) electrons. The van der Waals surface area contributed by atoms with E-state index >= 15 is 0 Å². The zero-order valence-corrected chi connectivity index (χ0v) is 22.6. The van der Waals surface area contributed by atoms with Gasteiger partial charge in [0.2, 0.25) is 0 Å². The van der Waals surface area contributed by atoms with E-state index in [1.165, 1.54) is 12.0 Å². The van der Waals surface area contributed by atoms with Crippen molar-refractivity contribution < 1.29 is 28.9 Å². The molecule has 0 aliphatic carbocycles. The molecule has 1 atom stereocenters. The highest BCUT2D eigenvalue weighted by Gasteiger charge is 2.47. The van der Waals surface area contributed by atoms with E-state index in [-0.39, 0.29) is 11.3 Å². The molecule has 200 valence electrons. The topological polar surface area (TPSA) is 88.5 Å². The number of Topliss-reactive ketones (excluding diaryl/α,β-unsaturated/α-hetero) is 1. The Morgan fingerprint density at radius 2 is 1.65 bits per heavy atom. The number of aliphatic hydroxyl groups excluding tert-OH is 1. The zero-order valence-electron chi connectivity index (χ0n) is 22.6. The number of ketones is 1. The molecule has 8 nitrogen and oxygen atoms in total. The summed E-state index contributed by atoms with van der Waals surface area (Å²) >= 11 is 0. The number of carbonyl (C=O) groups is 2. The number of benzene rings is 2. The fourth-order valence-electron chi connectivity index (χ4n) is 4.39. The molecule has 0 spiro atoms. The molecule has 1 heterocycles. The minimum Gasteiger partial charge on any atom is -0.507 e. The van der Waals surface area contributed by atoms with E-state index in [0.29, 0.717) is 54.0 Å². The second-order valence-electron chi connectivity index (χ2n) is 9.36. The highest BCUT2D eigenvalue weighted by atomic mass is 16.5. The fourth-order valence-corrected chi connectivity index (χ4v) is 4.39. The minimum absolute atomic E-state index is 0.0314. The molecule has 1 unspecified atom stereocenters. The Morgan fingerprint density at radius 1 is 1.00 bits per heavy atom. The van der Waals surface area contributed by atoms with Crippen LogP contribution in [0.25, 0.3) is 5.76 Å². The molecule has 8 heteroatoms. The standard InChI is InChI=1S/C29H38N2O6/c1-7-30(8-2)15-16-31-26(23-14-13-22(35-5)17-24(23)36-6)25(28(33)29(31)34)27(32)20-9-11-21(12-10-20)37-18-19(3)4/h9-14,17,19,26,32H,7-8,15-16,18H2,1-6H3/b27-25+. The largest absolute Gasteiger partial charge is 0.507 e. The van der Waals surface area contributed by atoms with Gasteiger partial charge in [-0.3, -0.25) is 9.59 Å². The van der Waals surface area contributed by atoms with Crippen molar-refractivity contribution in [3.05, 3.63) is 59.2 Å². The quantitative estimate of drug-likeness (QED) is 0.255. The zero-order chi connectivity index (χ0) is 27.1. The van der Waals surface area contributed by atoms with E-state index < -0.39 is 17.7 Å². The van der Waals surface area contributed by atoms with Gasteiger partial charge in [-0.25, -0.2) is 0 Å². The van der Waals surface area contributed by atoms with Crippen LogP contribution in [0.1, 0.15) is 44.9 Å². The van der Waals surface area contributed by atoms with Gasteiger partial charge in [-0.1, -0.05) is 27.7 Å². The van der Waals surface area contributed by atoms with E-state index in [9.17, 15) is 14.7 Å². The average molecular weight is 511 g/mol. The number of ether oxygens (including phenoxy) is 3. The first kappa shape index (κ1) is 28.1. The number of hydrogen-bond acceptors (Lipinski definition) is 7. The van der Waals surface area contributed by atoms with Gasteiger partial charge in [-0.2, -0.15) is 0 Å². The van der Waals surface area contributed by atoms with Gasteiger partial charge in [0.25, 0.3) is 11.7 Å². The summed E-state index contributed by atoms with van der Waals surface area (Å²) in [5.74, 6) is 0.480. The van der Waals surface area contributed by atoms with Crippen molar-refractivity contribution in [3.8, 4) is 17.2 Å². The van der Waals surface area contributed by atoms with E-state index in [1.807, 2.05) is 0 Å². The molecule has 1 saturated heterocycles. The smallest absolute Gasteiger partial charge is 0.295 e. The van der Waals surface area contributed by atoms with Gasteiger partial charge in [-0.15, -0.1) is 0 Å². The molecule has 1 aliphatic heterocycles. The van der Waals surface area contributed by atoms with Gasteiger partial charge in [0.1, 0.15) is 23.0 Å². The number of carbonyl (C=O) groups excluding carboxylic acids is 2. The first-order chi connectivity index (χ1) is 17.7. The van der Waals surface area contributed by atoms with Gasteiger partial charge < -0.3 is 29.1 Å². The van der Waals surface area contributed by atoms with Crippen molar-refractivity contribution in [1.29, 1.82) is 0 Å². The Balaban J connectivity index is 2.09. The Morgan fingerprint density at radius 3 is 2.22 bits per heavy atom. The third-order valence-electron chi connectivity index (χ3n) is 6.54. The van der Waals surface area contributed by atoms with Crippen molar-refractivity contribution in [2.75, 3.05) is 47.0 Å². The van der Waals surface area contributed by atoms with Gasteiger partial charge in [0, 0.05) is 30.3 Å². The maximum atomic E-state index is 13.4. The molecule has 1 N–H and O–H groups in total. The fraction of sp³-hybridized carbons (Fsp3) is 0.448. The normalized spacial score (nSPS) is 17.1. The molecule has 1 amide bonds. The number of amides is 1. The molecule has 1 aliphatic rings. The first-order valence-corrected chi connectivity index (χ1v) is 12.7. The van der Waals surface area contributed by atoms with Crippen molar-refractivity contribution >= 4 is 17.4 Å². The highest BCUT2D eigenvalue weighted by Crippen LogP contribution is 2.43. The molecule has 0 aromatic heterocycles. The molecule has 0 saturated carbocycles. The van der Waals surface area contributed by atoms with Crippen molar-refractivity contribution in [3.63, 3.8) is 0 Å². The first-order valence-electron chi connectivity index (χ1n) is 12.7. The second-order valence-corrected chi connectivity index (χ2v) is 9.36. The summed E-state index contributed by atoms with van der Waals surface area (Å²) < 4.78 is 16.7. The van der Waals surface area contributed by atoms with Crippen LogP contribution >= 0.6 is 0 Å². The van der Waals surface area contributed by atoms with Crippen LogP contribution in [0.5, 0.6) is 17.2 Å². The Kier molecular flexibility index (Phi) is 9.58. The number of methoxy groups -OCH3 is 2. The maximum absolute atomic E-state index is 13.4. The number of hydrogen-bond donors (Lipinski definition) is 1. The van der Waals surface area contributed by atoms with Crippen LogP contribution in [0.3, 0.4) is 0 Å². The third kappa shape index (κ3) is 6.25.